The zero-order chi connectivity index (χ0) is 19.4. The quantitative estimate of drug-likeness (QED) is 0.703. The van der Waals surface area contributed by atoms with Crippen LogP contribution < -0.4 is 15.4 Å². The van der Waals surface area contributed by atoms with Gasteiger partial charge in [0.05, 0.1) is 7.11 Å². The molecule has 0 aliphatic heterocycles. The van der Waals surface area contributed by atoms with Gasteiger partial charge in [-0.05, 0) is 68.3 Å². The van der Waals surface area contributed by atoms with Crippen LogP contribution in [0.15, 0.2) is 48.5 Å². The van der Waals surface area contributed by atoms with E-state index < -0.39 is 0 Å². The summed E-state index contributed by atoms with van der Waals surface area (Å²) in [6.07, 6.45) is 0. The molecular formula is C21H22N4O2. The fraction of sp³-hybridized carbons (Fsp3) is 0.190. The number of benzene rings is 2. The molecule has 0 saturated carbocycles. The van der Waals surface area contributed by atoms with Gasteiger partial charge in [-0.15, -0.1) is 0 Å². The van der Waals surface area contributed by atoms with Crippen LogP contribution in [0.1, 0.15) is 27.3 Å². The molecule has 2 aromatic carbocycles. The van der Waals surface area contributed by atoms with Crippen molar-refractivity contribution in [3.63, 3.8) is 0 Å². The van der Waals surface area contributed by atoms with E-state index >= 15 is 0 Å². The number of ether oxygens (including phenoxy) is 1. The fourth-order valence-corrected chi connectivity index (χ4v) is 2.60. The Hall–Kier alpha value is -3.41. The highest BCUT2D eigenvalue weighted by Gasteiger charge is 2.12. The van der Waals surface area contributed by atoms with Gasteiger partial charge in [0.15, 0.2) is 0 Å². The SMILES string of the molecule is COc1ccc(NC(=O)c2cc(C)nc(Nc3cc(C)ccc3C)n2)cc1. The molecule has 1 heterocycles. The molecule has 0 aliphatic carbocycles. The standard InChI is InChI=1S/C21H22N4O2/c1-13-5-6-14(2)18(11-13)24-21-22-15(3)12-19(25-21)20(26)23-16-7-9-17(27-4)10-8-16/h5-12H,1-4H3,(H,23,26)(H,22,24,25). The van der Waals surface area contributed by atoms with E-state index in [0.717, 1.165) is 22.6 Å². The monoisotopic (exact) mass is 362 g/mol. The summed E-state index contributed by atoms with van der Waals surface area (Å²) in [6, 6.07) is 14.9. The molecule has 0 atom stereocenters. The van der Waals surface area contributed by atoms with E-state index in [4.69, 9.17) is 4.74 Å². The van der Waals surface area contributed by atoms with Crippen LogP contribution in [0.4, 0.5) is 17.3 Å². The number of aryl methyl sites for hydroxylation is 3. The van der Waals surface area contributed by atoms with Crippen molar-refractivity contribution in [2.75, 3.05) is 17.7 Å². The van der Waals surface area contributed by atoms with Gasteiger partial charge < -0.3 is 15.4 Å². The second kappa shape index (κ2) is 7.86. The maximum Gasteiger partial charge on any atom is 0.274 e. The van der Waals surface area contributed by atoms with Crippen molar-refractivity contribution in [2.45, 2.75) is 20.8 Å². The predicted octanol–water partition coefficient (Wildman–Crippen LogP) is 4.41. The lowest BCUT2D eigenvalue weighted by molar-refractivity contribution is 0.102. The number of amides is 1. The summed E-state index contributed by atoms with van der Waals surface area (Å²) in [5.41, 5.74) is 4.80. The van der Waals surface area contributed by atoms with Gasteiger partial charge >= 0.3 is 0 Å². The van der Waals surface area contributed by atoms with Gasteiger partial charge in [0.2, 0.25) is 5.95 Å². The van der Waals surface area contributed by atoms with Crippen LogP contribution in [0.25, 0.3) is 0 Å². The molecule has 0 saturated heterocycles. The van der Waals surface area contributed by atoms with Crippen molar-refractivity contribution in [3.8, 4) is 5.75 Å². The first kappa shape index (κ1) is 18.4. The summed E-state index contributed by atoms with van der Waals surface area (Å²) in [6.45, 7) is 5.87. The molecule has 0 unspecified atom stereocenters. The normalized spacial score (nSPS) is 10.4. The van der Waals surface area contributed by atoms with Gasteiger partial charge in [0, 0.05) is 17.1 Å². The van der Waals surface area contributed by atoms with Gasteiger partial charge in [-0.3, -0.25) is 4.79 Å². The van der Waals surface area contributed by atoms with Gasteiger partial charge in [0.1, 0.15) is 11.4 Å². The Kier molecular flexibility index (Phi) is 5.35. The lowest BCUT2D eigenvalue weighted by Gasteiger charge is -2.11. The summed E-state index contributed by atoms with van der Waals surface area (Å²) in [4.78, 5) is 21.3. The second-order valence-electron chi connectivity index (χ2n) is 6.34. The zero-order valence-electron chi connectivity index (χ0n) is 15.8. The highest BCUT2D eigenvalue weighted by molar-refractivity contribution is 6.03. The zero-order valence-corrected chi connectivity index (χ0v) is 15.8. The van der Waals surface area contributed by atoms with Gasteiger partial charge in [-0.25, -0.2) is 9.97 Å². The van der Waals surface area contributed by atoms with Crippen LogP contribution in [0.5, 0.6) is 5.75 Å². The van der Waals surface area contributed by atoms with Crippen molar-refractivity contribution in [3.05, 3.63) is 71.0 Å². The number of methoxy groups -OCH3 is 1. The number of hydrogen-bond acceptors (Lipinski definition) is 5. The molecule has 0 aliphatic rings. The highest BCUT2D eigenvalue weighted by Crippen LogP contribution is 2.21. The topological polar surface area (TPSA) is 76.1 Å². The van der Waals surface area contributed by atoms with Crippen LogP contribution in [-0.4, -0.2) is 23.0 Å². The summed E-state index contributed by atoms with van der Waals surface area (Å²) < 4.78 is 5.12. The van der Waals surface area contributed by atoms with Crippen molar-refractivity contribution in [2.24, 2.45) is 0 Å². The largest absolute Gasteiger partial charge is 0.497 e. The highest BCUT2D eigenvalue weighted by atomic mass is 16.5. The van der Waals surface area contributed by atoms with E-state index in [2.05, 4.69) is 20.6 Å². The average molecular weight is 362 g/mol. The fourth-order valence-electron chi connectivity index (χ4n) is 2.60. The van der Waals surface area contributed by atoms with Crippen LogP contribution in [0.3, 0.4) is 0 Å². The molecule has 1 aromatic heterocycles. The Balaban J connectivity index is 1.81. The van der Waals surface area contributed by atoms with Crippen molar-refractivity contribution in [1.29, 1.82) is 0 Å². The first-order valence-electron chi connectivity index (χ1n) is 8.60. The van der Waals surface area contributed by atoms with E-state index in [0.29, 0.717) is 23.0 Å². The number of rotatable bonds is 5. The molecule has 0 spiro atoms. The smallest absolute Gasteiger partial charge is 0.274 e. The minimum Gasteiger partial charge on any atom is -0.497 e. The Labute approximate surface area is 158 Å². The molecule has 3 rings (SSSR count). The minimum absolute atomic E-state index is 0.297. The van der Waals surface area contributed by atoms with E-state index in [1.807, 2.05) is 39.0 Å². The van der Waals surface area contributed by atoms with E-state index in [1.54, 1.807) is 37.4 Å². The Morgan fingerprint density at radius 1 is 0.963 bits per heavy atom. The molecule has 2 N–H and O–H groups in total. The van der Waals surface area contributed by atoms with Gasteiger partial charge in [-0.1, -0.05) is 12.1 Å². The summed E-state index contributed by atoms with van der Waals surface area (Å²) in [5.74, 6) is 0.823. The number of carbonyl (C=O) groups excluding carboxylic acids is 1. The molecule has 27 heavy (non-hydrogen) atoms. The van der Waals surface area contributed by atoms with E-state index in [1.165, 1.54) is 0 Å². The minimum atomic E-state index is -0.297. The van der Waals surface area contributed by atoms with E-state index in [9.17, 15) is 4.79 Å². The van der Waals surface area contributed by atoms with Crippen molar-refractivity contribution in [1.82, 2.24) is 9.97 Å². The molecule has 1 amide bonds. The number of aromatic nitrogens is 2. The second-order valence-corrected chi connectivity index (χ2v) is 6.34. The van der Waals surface area contributed by atoms with Crippen LogP contribution >= 0.6 is 0 Å². The molecule has 0 radical (unpaired) electrons. The predicted molar refractivity (Wildman–Crippen MR) is 107 cm³/mol. The van der Waals surface area contributed by atoms with Crippen LogP contribution in [0, 0.1) is 20.8 Å². The third-order valence-electron chi connectivity index (χ3n) is 4.07. The molecular weight excluding hydrogens is 340 g/mol. The first-order chi connectivity index (χ1) is 12.9. The molecule has 0 bridgehead atoms. The van der Waals surface area contributed by atoms with Crippen molar-refractivity contribution < 1.29 is 9.53 Å². The summed E-state index contributed by atoms with van der Waals surface area (Å²) in [5, 5.41) is 6.05. The summed E-state index contributed by atoms with van der Waals surface area (Å²) in [7, 11) is 1.60. The summed E-state index contributed by atoms with van der Waals surface area (Å²) >= 11 is 0. The van der Waals surface area contributed by atoms with Crippen LogP contribution in [-0.2, 0) is 0 Å². The average Bonchev–Trinajstić information content (AvgIpc) is 2.65. The molecule has 0 fully saturated rings. The maximum absolute atomic E-state index is 12.6. The Morgan fingerprint density at radius 3 is 2.41 bits per heavy atom. The molecule has 6 heteroatoms. The van der Waals surface area contributed by atoms with E-state index in [-0.39, 0.29) is 5.91 Å². The lowest BCUT2D eigenvalue weighted by atomic mass is 10.1. The number of nitrogens with one attached hydrogen (secondary N) is 2. The number of nitrogens with zero attached hydrogens (tertiary/aromatic N) is 2. The van der Waals surface area contributed by atoms with Crippen LogP contribution in [0.2, 0.25) is 0 Å². The Bertz CT molecular complexity index is 968. The molecule has 3 aromatic rings. The number of carbonyl (C=O) groups is 1. The van der Waals surface area contributed by atoms with Crippen molar-refractivity contribution >= 4 is 23.2 Å². The Morgan fingerprint density at radius 2 is 1.70 bits per heavy atom. The number of anilines is 3. The molecule has 138 valence electrons. The molecule has 6 nitrogen and oxygen atoms in total. The maximum atomic E-state index is 12.6. The third kappa shape index (κ3) is 4.61. The van der Waals surface area contributed by atoms with Gasteiger partial charge in [-0.2, -0.15) is 0 Å². The number of hydrogen-bond donors (Lipinski definition) is 2. The first-order valence-corrected chi connectivity index (χ1v) is 8.60. The lowest BCUT2D eigenvalue weighted by Crippen LogP contribution is -2.15. The van der Waals surface area contributed by atoms with Gasteiger partial charge in [0.25, 0.3) is 5.91 Å². The third-order valence-corrected chi connectivity index (χ3v) is 4.07.